The van der Waals surface area contributed by atoms with Gasteiger partial charge in [0.2, 0.25) is 0 Å². The Morgan fingerprint density at radius 3 is 2.56 bits per heavy atom. The molecule has 0 bridgehead atoms. The van der Waals surface area contributed by atoms with Crippen LogP contribution in [0.2, 0.25) is 0 Å². The van der Waals surface area contributed by atoms with E-state index in [-0.39, 0.29) is 0 Å². The van der Waals surface area contributed by atoms with Gasteiger partial charge in [0.05, 0.1) is 17.4 Å². The van der Waals surface area contributed by atoms with E-state index in [0.717, 1.165) is 0 Å². The largest absolute Gasteiger partial charge is 0.431 e. The van der Waals surface area contributed by atoms with Crippen molar-refractivity contribution >= 4 is 5.97 Å². The third-order valence-corrected chi connectivity index (χ3v) is 2.43. The second-order valence-corrected chi connectivity index (χ2v) is 5.03. The predicted octanol–water partition coefficient (Wildman–Crippen LogP) is 3.15. The molecule has 1 aromatic rings. The second kappa shape index (κ2) is 6.36. The molecule has 1 N–H and O–H groups in total. The standard InChI is InChI=1S/C15H20O3/c1-12(2)11-15(3,17)9-10-18-14(16)13-7-5-4-6-8-13/h4-10,12,17H,11H2,1-3H3/b10-9-. The van der Waals surface area contributed by atoms with Gasteiger partial charge >= 0.3 is 5.97 Å². The maximum absolute atomic E-state index is 11.6. The van der Waals surface area contributed by atoms with Crippen LogP contribution < -0.4 is 0 Å². The van der Waals surface area contributed by atoms with E-state index in [9.17, 15) is 9.90 Å². The highest BCUT2D eigenvalue weighted by Gasteiger charge is 2.18. The molecule has 18 heavy (non-hydrogen) atoms. The summed E-state index contributed by atoms with van der Waals surface area (Å²) in [5.41, 5.74) is -0.462. The molecule has 0 fully saturated rings. The van der Waals surface area contributed by atoms with E-state index in [1.807, 2.05) is 19.9 Å². The zero-order chi connectivity index (χ0) is 13.6. The molecule has 1 unspecified atom stereocenters. The number of esters is 1. The lowest BCUT2D eigenvalue weighted by molar-refractivity contribution is 0.0632. The summed E-state index contributed by atoms with van der Waals surface area (Å²) in [6.07, 6.45) is 3.39. The second-order valence-electron chi connectivity index (χ2n) is 5.03. The Morgan fingerprint density at radius 2 is 2.00 bits per heavy atom. The molecule has 1 atom stereocenters. The minimum atomic E-state index is -0.953. The van der Waals surface area contributed by atoms with Gasteiger partial charge in [-0.2, -0.15) is 0 Å². The molecule has 3 nitrogen and oxygen atoms in total. The fraction of sp³-hybridized carbons (Fsp3) is 0.400. The van der Waals surface area contributed by atoms with E-state index >= 15 is 0 Å². The van der Waals surface area contributed by atoms with E-state index in [1.54, 1.807) is 31.2 Å². The normalized spacial score (nSPS) is 14.7. The summed E-state index contributed by atoms with van der Waals surface area (Å²) >= 11 is 0. The maximum Gasteiger partial charge on any atom is 0.342 e. The molecule has 0 heterocycles. The highest BCUT2D eigenvalue weighted by Crippen LogP contribution is 2.17. The van der Waals surface area contributed by atoms with Crippen molar-refractivity contribution in [2.45, 2.75) is 32.8 Å². The number of hydrogen-bond acceptors (Lipinski definition) is 3. The molecular weight excluding hydrogens is 228 g/mol. The number of benzene rings is 1. The lowest BCUT2D eigenvalue weighted by Crippen LogP contribution is -2.23. The fourth-order valence-electron chi connectivity index (χ4n) is 1.78. The van der Waals surface area contributed by atoms with Crippen molar-refractivity contribution < 1.29 is 14.6 Å². The third kappa shape index (κ3) is 5.15. The molecular formula is C15H20O3. The van der Waals surface area contributed by atoms with E-state index in [1.165, 1.54) is 12.3 Å². The molecule has 1 rings (SSSR count). The molecule has 0 spiro atoms. The Morgan fingerprint density at radius 1 is 1.39 bits per heavy atom. The van der Waals surface area contributed by atoms with Gasteiger partial charge < -0.3 is 9.84 Å². The van der Waals surface area contributed by atoms with Crippen LogP contribution in [0.15, 0.2) is 42.7 Å². The van der Waals surface area contributed by atoms with Crippen LogP contribution >= 0.6 is 0 Å². The summed E-state index contributed by atoms with van der Waals surface area (Å²) in [4.78, 5) is 11.6. The summed E-state index contributed by atoms with van der Waals surface area (Å²) in [6, 6.07) is 8.75. The van der Waals surface area contributed by atoms with Gasteiger partial charge in [-0.3, -0.25) is 0 Å². The van der Waals surface area contributed by atoms with Crippen LogP contribution in [0.4, 0.5) is 0 Å². The van der Waals surface area contributed by atoms with E-state index in [0.29, 0.717) is 17.9 Å². The number of carbonyl (C=O) groups excluding carboxylic acids is 1. The van der Waals surface area contributed by atoms with E-state index < -0.39 is 11.6 Å². The SMILES string of the molecule is CC(C)CC(C)(O)/C=C\OC(=O)c1ccccc1. The van der Waals surface area contributed by atoms with Gasteiger partial charge in [-0.15, -0.1) is 0 Å². The zero-order valence-electron chi connectivity index (χ0n) is 11.1. The van der Waals surface area contributed by atoms with Crippen LogP contribution in [0.5, 0.6) is 0 Å². The van der Waals surface area contributed by atoms with Crippen molar-refractivity contribution in [3.05, 3.63) is 48.2 Å². The summed E-state index contributed by atoms with van der Waals surface area (Å²) in [7, 11) is 0. The van der Waals surface area contributed by atoms with Crippen LogP contribution in [0.3, 0.4) is 0 Å². The zero-order valence-corrected chi connectivity index (χ0v) is 11.1. The topological polar surface area (TPSA) is 46.5 Å². The average Bonchev–Trinajstić information content (AvgIpc) is 2.28. The van der Waals surface area contributed by atoms with E-state index in [2.05, 4.69) is 0 Å². The van der Waals surface area contributed by atoms with Crippen molar-refractivity contribution in [3.8, 4) is 0 Å². The lowest BCUT2D eigenvalue weighted by Gasteiger charge is -2.20. The predicted molar refractivity (Wildman–Crippen MR) is 71.1 cm³/mol. The number of aliphatic hydroxyl groups is 1. The first-order valence-corrected chi connectivity index (χ1v) is 6.07. The molecule has 0 amide bonds. The van der Waals surface area contributed by atoms with Gasteiger partial charge in [0.1, 0.15) is 0 Å². The molecule has 0 saturated carbocycles. The minimum Gasteiger partial charge on any atom is -0.431 e. The molecule has 98 valence electrons. The highest BCUT2D eigenvalue weighted by molar-refractivity contribution is 5.89. The number of hydrogen-bond donors (Lipinski definition) is 1. The molecule has 0 saturated heterocycles. The number of carbonyl (C=O) groups is 1. The van der Waals surface area contributed by atoms with Crippen LogP contribution in [0.25, 0.3) is 0 Å². The highest BCUT2D eigenvalue weighted by atomic mass is 16.5. The summed E-state index contributed by atoms with van der Waals surface area (Å²) in [5, 5.41) is 9.99. The van der Waals surface area contributed by atoms with Crippen LogP contribution in [-0.4, -0.2) is 16.7 Å². The molecule has 1 aromatic carbocycles. The minimum absolute atomic E-state index is 0.370. The summed E-state index contributed by atoms with van der Waals surface area (Å²) < 4.78 is 4.97. The third-order valence-electron chi connectivity index (χ3n) is 2.43. The summed E-state index contributed by atoms with van der Waals surface area (Å²) in [6.45, 7) is 5.75. The maximum atomic E-state index is 11.6. The van der Waals surface area contributed by atoms with Crippen molar-refractivity contribution in [2.24, 2.45) is 5.92 Å². The Labute approximate surface area is 108 Å². The first-order chi connectivity index (χ1) is 8.41. The van der Waals surface area contributed by atoms with Gasteiger partial charge in [-0.25, -0.2) is 4.79 Å². The first kappa shape index (κ1) is 14.5. The first-order valence-electron chi connectivity index (χ1n) is 6.07. The molecule has 0 aromatic heterocycles. The molecule has 0 aliphatic heterocycles. The summed E-state index contributed by atoms with van der Waals surface area (Å²) in [5.74, 6) is -0.0540. The van der Waals surface area contributed by atoms with Crippen LogP contribution in [0.1, 0.15) is 37.6 Å². The Kier molecular flexibility index (Phi) is 5.10. The van der Waals surface area contributed by atoms with Gasteiger partial charge in [-0.05, 0) is 37.5 Å². The quantitative estimate of drug-likeness (QED) is 0.643. The average molecular weight is 248 g/mol. The molecule has 0 radical (unpaired) electrons. The van der Waals surface area contributed by atoms with Gasteiger partial charge in [-0.1, -0.05) is 32.0 Å². The Bertz CT molecular complexity index is 405. The number of ether oxygens (including phenoxy) is 1. The van der Waals surface area contributed by atoms with Gasteiger partial charge in [0.15, 0.2) is 0 Å². The van der Waals surface area contributed by atoms with Crippen molar-refractivity contribution in [1.29, 1.82) is 0 Å². The fourth-order valence-corrected chi connectivity index (χ4v) is 1.78. The molecule has 3 heteroatoms. The van der Waals surface area contributed by atoms with Crippen molar-refractivity contribution in [3.63, 3.8) is 0 Å². The monoisotopic (exact) mass is 248 g/mol. The number of rotatable bonds is 5. The van der Waals surface area contributed by atoms with Crippen LogP contribution in [0, 0.1) is 5.92 Å². The van der Waals surface area contributed by atoms with Gasteiger partial charge in [0, 0.05) is 0 Å². The lowest BCUT2D eigenvalue weighted by atomic mass is 9.94. The molecule has 0 aliphatic rings. The Hall–Kier alpha value is -1.61. The smallest absolute Gasteiger partial charge is 0.342 e. The Balaban J connectivity index is 2.53. The molecule has 0 aliphatic carbocycles. The van der Waals surface area contributed by atoms with Crippen LogP contribution in [-0.2, 0) is 4.74 Å². The van der Waals surface area contributed by atoms with Crippen molar-refractivity contribution in [1.82, 2.24) is 0 Å². The van der Waals surface area contributed by atoms with Gasteiger partial charge in [0.25, 0.3) is 0 Å². The van der Waals surface area contributed by atoms with E-state index in [4.69, 9.17) is 4.74 Å². The van der Waals surface area contributed by atoms with Crippen molar-refractivity contribution in [2.75, 3.05) is 0 Å².